The van der Waals surface area contributed by atoms with Crippen molar-refractivity contribution < 1.29 is 0 Å². The number of hydrazine groups is 1. The molecule has 0 radical (unpaired) electrons. The average Bonchev–Trinajstić information content (AvgIpc) is 2.33. The van der Waals surface area contributed by atoms with E-state index >= 15 is 0 Å². The van der Waals surface area contributed by atoms with E-state index in [2.05, 4.69) is 21.8 Å². The Hall–Kier alpha value is -0.540. The lowest BCUT2D eigenvalue weighted by molar-refractivity contribution is 0.168. The van der Waals surface area contributed by atoms with Gasteiger partial charge in [-0.2, -0.15) is 0 Å². The number of nitrogens with one attached hydrogen (secondary N) is 2. The molecule has 0 spiro atoms. The van der Waals surface area contributed by atoms with Crippen LogP contribution in [0.25, 0.3) is 0 Å². The van der Waals surface area contributed by atoms with Crippen molar-refractivity contribution in [2.45, 2.75) is 6.04 Å². The van der Waals surface area contributed by atoms with E-state index in [1.165, 1.54) is 0 Å². The molecular weight excluding hydrogens is 114 g/mol. The Morgan fingerprint density at radius 1 is 1.56 bits per heavy atom. The van der Waals surface area contributed by atoms with Crippen molar-refractivity contribution in [3.63, 3.8) is 0 Å². The highest BCUT2D eigenvalue weighted by molar-refractivity contribution is 5.01. The molecular formula is C6H11N3. The topological polar surface area (TPSA) is 27.3 Å². The lowest BCUT2D eigenvalue weighted by atomic mass is 10.2. The minimum atomic E-state index is 0.596. The molecule has 0 saturated carbocycles. The first kappa shape index (κ1) is 5.26. The van der Waals surface area contributed by atoms with E-state index in [-0.39, 0.29) is 0 Å². The van der Waals surface area contributed by atoms with Gasteiger partial charge in [0.25, 0.3) is 0 Å². The lowest BCUT2D eigenvalue weighted by Crippen LogP contribution is -2.51. The molecule has 9 heavy (non-hydrogen) atoms. The minimum Gasteiger partial charge on any atom is -0.326 e. The molecule has 1 fully saturated rings. The van der Waals surface area contributed by atoms with Crippen LogP contribution in [0.2, 0.25) is 0 Å². The van der Waals surface area contributed by atoms with Crippen LogP contribution in [0.15, 0.2) is 12.3 Å². The molecule has 50 valence electrons. The molecule has 1 atom stereocenters. The van der Waals surface area contributed by atoms with Gasteiger partial charge in [0.15, 0.2) is 0 Å². The minimum absolute atomic E-state index is 0.596. The summed E-state index contributed by atoms with van der Waals surface area (Å²) in [6.07, 6.45) is 4.20. The molecule has 0 aromatic carbocycles. The van der Waals surface area contributed by atoms with Gasteiger partial charge in [0.1, 0.15) is 0 Å². The predicted molar refractivity (Wildman–Crippen MR) is 35.6 cm³/mol. The van der Waals surface area contributed by atoms with E-state index in [9.17, 15) is 0 Å². The molecule has 2 N–H and O–H groups in total. The van der Waals surface area contributed by atoms with Gasteiger partial charge in [0, 0.05) is 25.8 Å². The first-order chi connectivity index (χ1) is 4.47. The van der Waals surface area contributed by atoms with E-state index in [4.69, 9.17) is 0 Å². The van der Waals surface area contributed by atoms with Crippen LogP contribution in [0.3, 0.4) is 0 Å². The highest BCUT2D eigenvalue weighted by Crippen LogP contribution is 2.05. The van der Waals surface area contributed by atoms with Crippen LogP contribution in [0, 0.1) is 0 Å². The molecule has 0 bridgehead atoms. The number of fused-ring (bicyclic) bond motifs is 1. The first-order valence-corrected chi connectivity index (χ1v) is 3.37. The second-order valence-electron chi connectivity index (χ2n) is 2.45. The van der Waals surface area contributed by atoms with Gasteiger partial charge in [-0.05, 0) is 6.08 Å². The molecule has 2 rings (SSSR count). The van der Waals surface area contributed by atoms with Gasteiger partial charge < -0.3 is 10.7 Å². The molecule has 3 nitrogen and oxygen atoms in total. The highest BCUT2D eigenvalue weighted by Gasteiger charge is 2.21. The van der Waals surface area contributed by atoms with Gasteiger partial charge in [-0.3, -0.25) is 0 Å². The van der Waals surface area contributed by atoms with Crippen molar-refractivity contribution in [2.75, 3.05) is 19.6 Å². The number of hydrogen-bond acceptors (Lipinski definition) is 3. The zero-order valence-electron chi connectivity index (χ0n) is 5.30. The normalized spacial score (nSPS) is 34.0. The van der Waals surface area contributed by atoms with Gasteiger partial charge >= 0.3 is 0 Å². The van der Waals surface area contributed by atoms with Crippen molar-refractivity contribution in [2.24, 2.45) is 0 Å². The number of hydrogen-bond donors (Lipinski definition) is 2. The van der Waals surface area contributed by atoms with E-state index in [0.717, 1.165) is 19.6 Å². The van der Waals surface area contributed by atoms with E-state index in [0.29, 0.717) is 6.04 Å². The van der Waals surface area contributed by atoms with Gasteiger partial charge in [0.05, 0.1) is 6.04 Å². The summed E-state index contributed by atoms with van der Waals surface area (Å²) in [6.45, 7) is 3.30. The second-order valence-corrected chi connectivity index (χ2v) is 2.45. The Kier molecular flexibility index (Phi) is 1.17. The van der Waals surface area contributed by atoms with Crippen LogP contribution in [0.4, 0.5) is 0 Å². The summed E-state index contributed by atoms with van der Waals surface area (Å²) in [7, 11) is 0. The third-order valence-electron chi connectivity index (χ3n) is 1.84. The van der Waals surface area contributed by atoms with E-state index < -0.39 is 0 Å². The maximum absolute atomic E-state index is 3.32. The van der Waals surface area contributed by atoms with Gasteiger partial charge in [-0.25, -0.2) is 5.01 Å². The maximum atomic E-state index is 3.32. The summed E-state index contributed by atoms with van der Waals surface area (Å²) in [5.41, 5.74) is 3.17. The standard InChI is InChI=1S/C6H11N3/c1-2-8-9-4-3-7-5-6(1)9/h1-2,6-8H,3-5H2. The van der Waals surface area contributed by atoms with Crippen LogP contribution >= 0.6 is 0 Å². The summed E-state index contributed by atoms with van der Waals surface area (Å²) < 4.78 is 0. The van der Waals surface area contributed by atoms with Crippen molar-refractivity contribution in [1.82, 2.24) is 15.8 Å². The average molecular weight is 125 g/mol. The fraction of sp³-hybridized carbons (Fsp3) is 0.667. The summed E-state index contributed by atoms with van der Waals surface area (Å²) >= 11 is 0. The van der Waals surface area contributed by atoms with Crippen molar-refractivity contribution >= 4 is 0 Å². The Balaban J connectivity index is 2.03. The molecule has 3 heteroatoms. The SMILES string of the molecule is C1=CC2CNCCN2N1. The fourth-order valence-corrected chi connectivity index (χ4v) is 1.31. The first-order valence-electron chi connectivity index (χ1n) is 3.37. The summed E-state index contributed by atoms with van der Waals surface area (Å²) in [4.78, 5) is 0. The monoisotopic (exact) mass is 125 g/mol. The third-order valence-corrected chi connectivity index (χ3v) is 1.84. The predicted octanol–water partition coefficient (Wildman–Crippen LogP) is -0.708. The van der Waals surface area contributed by atoms with Gasteiger partial charge in [-0.1, -0.05) is 0 Å². The Morgan fingerprint density at radius 3 is 3.44 bits per heavy atom. The van der Waals surface area contributed by atoms with Crippen molar-refractivity contribution in [3.05, 3.63) is 12.3 Å². The molecule has 2 aliphatic rings. The quantitative estimate of drug-likeness (QED) is 0.448. The molecule has 0 aliphatic carbocycles. The smallest absolute Gasteiger partial charge is 0.0613 e. The highest BCUT2D eigenvalue weighted by atomic mass is 15.5. The molecule has 1 unspecified atom stereocenters. The Morgan fingerprint density at radius 2 is 2.56 bits per heavy atom. The van der Waals surface area contributed by atoms with Crippen LogP contribution in [-0.4, -0.2) is 30.7 Å². The molecule has 2 aliphatic heterocycles. The van der Waals surface area contributed by atoms with Crippen molar-refractivity contribution in [1.29, 1.82) is 0 Å². The summed E-state index contributed by atoms with van der Waals surface area (Å²) in [6, 6.07) is 0.596. The summed E-state index contributed by atoms with van der Waals surface area (Å²) in [5, 5.41) is 5.57. The van der Waals surface area contributed by atoms with Crippen LogP contribution < -0.4 is 10.7 Å². The summed E-state index contributed by atoms with van der Waals surface area (Å²) in [5.74, 6) is 0. The van der Waals surface area contributed by atoms with Crippen LogP contribution in [0.5, 0.6) is 0 Å². The van der Waals surface area contributed by atoms with E-state index in [1.54, 1.807) is 0 Å². The fourth-order valence-electron chi connectivity index (χ4n) is 1.31. The van der Waals surface area contributed by atoms with Crippen molar-refractivity contribution in [3.8, 4) is 0 Å². The number of piperazine rings is 1. The number of rotatable bonds is 0. The number of nitrogens with zero attached hydrogens (tertiary/aromatic N) is 1. The molecule has 0 amide bonds. The molecule has 0 aromatic rings. The lowest BCUT2D eigenvalue weighted by Gasteiger charge is -2.29. The van der Waals surface area contributed by atoms with E-state index in [1.807, 2.05) is 6.20 Å². The van der Waals surface area contributed by atoms with Crippen LogP contribution in [-0.2, 0) is 0 Å². The zero-order chi connectivity index (χ0) is 6.10. The third kappa shape index (κ3) is 0.821. The molecule has 1 saturated heterocycles. The van der Waals surface area contributed by atoms with Gasteiger partial charge in [-0.15, -0.1) is 0 Å². The zero-order valence-corrected chi connectivity index (χ0v) is 5.30. The van der Waals surface area contributed by atoms with Crippen LogP contribution in [0.1, 0.15) is 0 Å². The van der Waals surface area contributed by atoms with Gasteiger partial charge in [0.2, 0.25) is 0 Å². The Bertz CT molecular complexity index is 132. The largest absolute Gasteiger partial charge is 0.326 e. The Labute approximate surface area is 54.7 Å². The molecule has 2 heterocycles. The maximum Gasteiger partial charge on any atom is 0.0613 e. The second kappa shape index (κ2) is 2.01. The molecule has 0 aromatic heterocycles.